The highest BCUT2D eigenvalue weighted by molar-refractivity contribution is 7.92. The van der Waals surface area contributed by atoms with Crippen LogP contribution >= 0.6 is 23.2 Å². The van der Waals surface area contributed by atoms with Crippen LogP contribution in [0.15, 0.2) is 66.7 Å². The van der Waals surface area contributed by atoms with Crippen molar-refractivity contribution < 1.29 is 23.1 Å². The van der Waals surface area contributed by atoms with E-state index in [4.69, 9.17) is 23.2 Å². The van der Waals surface area contributed by atoms with E-state index in [1.807, 2.05) is 0 Å². The highest BCUT2D eigenvalue weighted by atomic mass is 35.5. The Hall–Kier alpha value is -3.07. The van der Waals surface area contributed by atoms with Crippen LogP contribution in [0.3, 0.4) is 0 Å². The van der Waals surface area contributed by atoms with Gasteiger partial charge in [-0.25, -0.2) is 13.2 Å². The molecular formula is C23H20Cl2N2O5S. The number of carbonyl (C=O) groups is 2. The zero-order valence-corrected chi connectivity index (χ0v) is 19.7. The quantitative estimate of drug-likeness (QED) is 0.417. The predicted octanol–water partition coefficient (Wildman–Crippen LogP) is 4.46. The minimum Gasteiger partial charge on any atom is -0.480 e. The van der Waals surface area contributed by atoms with Gasteiger partial charge < -0.3 is 10.4 Å². The maximum absolute atomic E-state index is 12.6. The summed E-state index contributed by atoms with van der Waals surface area (Å²) in [5, 5.41) is 12.3. The Balaban J connectivity index is 1.79. The molecule has 3 aromatic rings. The molecule has 0 aromatic heterocycles. The van der Waals surface area contributed by atoms with Gasteiger partial charge in [-0.15, -0.1) is 0 Å². The Labute approximate surface area is 201 Å². The molecule has 3 aromatic carbocycles. The molecular weight excluding hydrogens is 487 g/mol. The Morgan fingerprint density at radius 1 is 0.939 bits per heavy atom. The Bertz CT molecular complexity index is 1270. The minimum absolute atomic E-state index is 0.0115. The molecule has 0 aliphatic heterocycles. The molecule has 0 unspecified atom stereocenters. The molecule has 1 amide bonds. The van der Waals surface area contributed by atoms with Crippen LogP contribution in [0, 0.1) is 0 Å². The topological polar surface area (TPSA) is 113 Å². The molecule has 3 N–H and O–H groups in total. The molecule has 0 aliphatic carbocycles. The number of halogens is 2. The second kappa shape index (κ2) is 10.2. The van der Waals surface area contributed by atoms with Crippen molar-refractivity contribution in [3.05, 3.63) is 87.9 Å². The van der Waals surface area contributed by atoms with Crippen LogP contribution in [0.4, 0.5) is 5.69 Å². The van der Waals surface area contributed by atoms with E-state index in [2.05, 4.69) is 10.0 Å². The van der Waals surface area contributed by atoms with Crippen LogP contribution in [0.25, 0.3) is 11.1 Å². The van der Waals surface area contributed by atoms with Gasteiger partial charge >= 0.3 is 5.97 Å². The van der Waals surface area contributed by atoms with E-state index in [1.165, 1.54) is 12.1 Å². The summed E-state index contributed by atoms with van der Waals surface area (Å²) in [6, 6.07) is 17.2. The lowest BCUT2D eigenvalue weighted by Crippen LogP contribution is -2.42. The first-order valence-corrected chi connectivity index (χ1v) is 12.3. The Morgan fingerprint density at radius 3 is 2.12 bits per heavy atom. The fraction of sp³-hybridized carbons (Fsp3) is 0.130. The molecule has 0 heterocycles. The summed E-state index contributed by atoms with van der Waals surface area (Å²) >= 11 is 12.1. The van der Waals surface area contributed by atoms with E-state index in [9.17, 15) is 23.1 Å². The highest BCUT2D eigenvalue weighted by Crippen LogP contribution is 2.29. The summed E-state index contributed by atoms with van der Waals surface area (Å²) in [7, 11) is -3.46. The van der Waals surface area contributed by atoms with Gasteiger partial charge in [0.1, 0.15) is 6.04 Å². The summed E-state index contributed by atoms with van der Waals surface area (Å²) in [5.41, 5.74) is 2.51. The van der Waals surface area contributed by atoms with Crippen molar-refractivity contribution in [2.24, 2.45) is 0 Å². The number of carboxylic acids is 1. The van der Waals surface area contributed by atoms with Gasteiger partial charge in [0.2, 0.25) is 10.0 Å². The van der Waals surface area contributed by atoms with Gasteiger partial charge in [0, 0.05) is 12.0 Å². The first-order chi connectivity index (χ1) is 15.5. The molecule has 0 radical (unpaired) electrons. The summed E-state index contributed by atoms with van der Waals surface area (Å²) in [5.74, 6) is -1.89. The van der Waals surface area contributed by atoms with Crippen LogP contribution in [-0.4, -0.2) is 37.7 Å². The maximum atomic E-state index is 12.6. The fourth-order valence-electron chi connectivity index (χ4n) is 3.22. The number of carbonyl (C=O) groups excluding carboxylic acids is 1. The number of anilines is 1. The largest absolute Gasteiger partial charge is 0.480 e. The van der Waals surface area contributed by atoms with Gasteiger partial charge in [-0.3, -0.25) is 9.52 Å². The van der Waals surface area contributed by atoms with Crippen molar-refractivity contribution in [3.63, 3.8) is 0 Å². The van der Waals surface area contributed by atoms with Crippen molar-refractivity contribution in [1.29, 1.82) is 0 Å². The number of para-hydroxylation sites is 1. The molecule has 7 nitrogen and oxygen atoms in total. The first kappa shape index (κ1) is 24.6. The molecule has 0 spiro atoms. The summed E-state index contributed by atoms with van der Waals surface area (Å²) < 4.78 is 25.8. The lowest BCUT2D eigenvalue weighted by molar-refractivity contribution is -0.139. The molecule has 1 atom stereocenters. The SMILES string of the molecule is CS(=O)(=O)Nc1ccccc1-c1ccc(C[C@H](NC(=O)c2c(Cl)cccc2Cl)C(=O)O)cc1. The summed E-state index contributed by atoms with van der Waals surface area (Å²) in [6.07, 6.45) is 1.09. The van der Waals surface area contributed by atoms with Gasteiger partial charge in [0.05, 0.1) is 27.6 Å². The Kier molecular flexibility index (Phi) is 7.63. The number of hydrogen-bond acceptors (Lipinski definition) is 4. The molecule has 0 fully saturated rings. The van der Waals surface area contributed by atoms with Crippen molar-refractivity contribution in [3.8, 4) is 11.1 Å². The van der Waals surface area contributed by atoms with Crippen LogP contribution in [0.5, 0.6) is 0 Å². The highest BCUT2D eigenvalue weighted by Gasteiger charge is 2.24. The third-order valence-corrected chi connectivity index (χ3v) is 5.94. The van der Waals surface area contributed by atoms with E-state index < -0.39 is 27.9 Å². The number of hydrogen-bond donors (Lipinski definition) is 3. The standard InChI is InChI=1S/C23H20Cl2N2O5S/c1-33(31,32)27-19-8-3-2-5-16(19)15-11-9-14(10-12-15)13-20(23(29)30)26-22(28)21-17(24)6-4-7-18(21)25/h2-12,20,27H,13H2,1H3,(H,26,28)(H,29,30)/t20-/m0/s1. The van der Waals surface area contributed by atoms with Crippen LogP contribution in [0.1, 0.15) is 15.9 Å². The molecule has 3 rings (SSSR count). The lowest BCUT2D eigenvalue weighted by Gasteiger charge is -2.16. The van der Waals surface area contributed by atoms with Crippen molar-refractivity contribution in [1.82, 2.24) is 5.32 Å². The first-order valence-electron chi connectivity index (χ1n) is 9.69. The van der Waals surface area contributed by atoms with Gasteiger partial charge in [-0.05, 0) is 29.3 Å². The second-order valence-corrected chi connectivity index (χ2v) is 9.84. The number of amides is 1. The third-order valence-electron chi connectivity index (χ3n) is 4.72. The lowest BCUT2D eigenvalue weighted by atomic mass is 9.99. The molecule has 172 valence electrons. The zero-order valence-electron chi connectivity index (χ0n) is 17.4. The smallest absolute Gasteiger partial charge is 0.326 e. The van der Waals surface area contributed by atoms with Crippen molar-refractivity contribution in [2.75, 3.05) is 11.0 Å². The van der Waals surface area contributed by atoms with E-state index in [-0.39, 0.29) is 22.0 Å². The normalized spacial score (nSPS) is 12.1. The number of nitrogens with one attached hydrogen (secondary N) is 2. The second-order valence-electron chi connectivity index (χ2n) is 7.28. The average Bonchev–Trinajstić information content (AvgIpc) is 2.73. The van der Waals surface area contributed by atoms with Crippen molar-refractivity contribution >= 4 is 50.8 Å². The van der Waals surface area contributed by atoms with E-state index in [0.29, 0.717) is 16.8 Å². The van der Waals surface area contributed by atoms with Crippen LogP contribution in [-0.2, 0) is 21.2 Å². The number of rotatable bonds is 8. The molecule has 0 bridgehead atoms. The zero-order chi connectivity index (χ0) is 24.2. The van der Waals surface area contributed by atoms with E-state index in [0.717, 1.165) is 11.8 Å². The van der Waals surface area contributed by atoms with Gasteiger partial charge in [-0.2, -0.15) is 0 Å². The third kappa shape index (κ3) is 6.47. The van der Waals surface area contributed by atoms with Crippen LogP contribution in [0.2, 0.25) is 10.0 Å². The average molecular weight is 507 g/mol. The predicted molar refractivity (Wildman–Crippen MR) is 129 cm³/mol. The fourth-order valence-corrected chi connectivity index (χ4v) is 4.37. The van der Waals surface area contributed by atoms with Gasteiger partial charge in [0.15, 0.2) is 0 Å². The van der Waals surface area contributed by atoms with E-state index >= 15 is 0 Å². The Morgan fingerprint density at radius 2 is 1.55 bits per heavy atom. The maximum Gasteiger partial charge on any atom is 0.326 e. The van der Waals surface area contributed by atoms with Crippen LogP contribution < -0.4 is 10.0 Å². The minimum atomic E-state index is -3.46. The monoisotopic (exact) mass is 506 g/mol. The molecule has 10 heteroatoms. The van der Waals surface area contributed by atoms with E-state index in [1.54, 1.807) is 54.6 Å². The summed E-state index contributed by atoms with van der Waals surface area (Å²) in [6.45, 7) is 0. The number of benzene rings is 3. The molecule has 0 aliphatic rings. The number of aliphatic carboxylic acids is 1. The van der Waals surface area contributed by atoms with Gasteiger partial charge in [0.25, 0.3) is 5.91 Å². The van der Waals surface area contributed by atoms with Gasteiger partial charge in [-0.1, -0.05) is 71.7 Å². The molecule has 33 heavy (non-hydrogen) atoms. The molecule has 0 saturated carbocycles. The number of sulfonamides is 1. The number of carboxylic acid groups (broad SMARTS) is 1. The molecule has 0 saturated heterocycles. The summed E-state index contributed by atoms with van der Waals surface area (Å²) in [4.78, 5) is 24.3. The van der Waals surface area contributed by atoms with Crippen molar-refractivity contribution in [2.45, 2.75) is 12.5 Å².